The lowest BCUT2D eigenvalue weighted by Gasteiger charge is -2.32. The third kappa shape index (κ3) is 3.58. The predicted octanol–water partition coefficient (Wildman–Crippen LogP) is 1.21. The average Bonchev–Trinajstić information content (AvgIpc) is 2.28. The largest absolute Gasteiger partial charge is 0.488 e. The number of hydrogen-bond acceptors (Lipinski definition) is 5. The Balaban J connectivity index is 2.12. The molecule has 0 bridgehead atoms. The summed E-state index contributed by atoms with van der Waals surface area (Å²) in [5.41, 5.74) is 6.62. The topological polar surface area (TPSA) is 72.6 Å². The van der Waals surface area contributed by atoms with Gasteiger partial charge in [0, 0.05) is 30.9 Å². The molecular weight excluding hydrogens is 259 g/mol. The summed E-state index contributed by atoms with van der Waals surface area (Å²) in [5.74, 6) is -0.0233. The Hall–Kier alpha value is -1.34. The van der Waals surface area contributed by atoms with Gasteiger partial charge in [0.25, 0.3) is 0 Å². The van der Waals surface area contributed by atoms with Gasteiger partial charge in [-0.1, -0.05) is 9.95 Å². The predicted molar refractivity (Wildman–Crippen MR) is 66.5 cm³/mol. The molecule has 1 aromatic carbocycles. The van der Waals surface area contributed by atoms with Gasteiger partial charge >= 0.3 is 10.5 Å². The van der Waals surface area contributed by atoms with Crippen LogP contribution in [0, 0.1) is 0 Å². The van der Waals surface area contributed by atoms with Crippen molar-refractivity contribution in [3.63, 3.8) is 0 Å². The molecule has 1 saturated heterocycles. The van der Waals surface area contributed by atoms with Crippen LogP contribution >= 0.6 is 0 Å². The van der Waals surface area contributed by atoms with Gasteiger partial charge in [0.15, 0.2) is 0 Å². The third-order valence-electron chi connectivity index (χ3n) is 2.92. The summed E-state index contributed by atoms with van der Waals surface area (Å²) in [4.78, 5) is 2.07. The molecule has 1 fully saturated rings. The van der Waals surface area contributed by atoms with Gasteiger partial charge in [-0.3, -0.25) is 0 Å². The van der Waals surface area contributed by atoms with Crippen LogP contribution in [0.1, 0.15) is 12.8 Å². The quantitative estimate of drug-likeness (QED) is 0.839. The van der Waals surface area contributed by atoms with Gasteiger partial charge in [-0.05, 0) is 25.0 Å². The molecule has 0 aromatic heterocycles. The van der Waals surface area contributed by atoms with Crippen LogP contribution in [0.25, 0.3) is 0 Å². The van der Waals surface area contributed by atoms with Crippen LogP contribution in [0.15, 0.2) is 24.3 Å². The highest BCUT2D eigenvalue weighted by Crippen LogP contribution is 2.24. The molecule has 1 aromatic rings. The Morgan fingerprint density at radius 1 is 1.33 bits per heavy atom. The lowest BCUT2D eigenvalue weighted by atomic mass is 10.1. The molecule has 1 heterocycles. The summed E-state index contributed by atoms with van der Waals surface area (Å²) in [6.07, 6.45) is 1.76. The first-order valence-electron chi connectivity index (χ1n) is 5.69. The van der Waals surface area contributed by atoms with Crippen molar-refractivity contribution in [1.29, 1.82) is 0 Å². The molecule has 1 aliphatic heterocycles. The first-order chi connectivity index (χ1) is 8.44. The number of nitrogens with zero attached hydrogens (tertiary/aromatic N) is 1. The number of piperidine rings is 1. The molecule has 0 unspecified atom stereocenters. The Labute approximate surface area is 106 Å². The monoisotopic (exact) mass is 274 g/mol. The van der Waals surface area contributed by atoms with Crippen LogP contribution < -0.4 is 14.8 Å². The fraction of sp³-hybridized carbons (Fsp3) is 0.455. The van der Waals surface area contributed by atoms with Gasteiger partial charge in [-0.2, -0.15) is 8.42 Å². The van der Waals surface area contributed by atoms with Crippen molar-refractivity contribution in [1.82, 2.24) is 0 Å². The number of hydrogen-bond donors (Lipinski definition) is 1. The highest BCUT2D eigenvalue weighted by Gasteiger charge is 2.17. The molecule has 100 valence electrons. The van der Waals surface area contributed by atoms with Gasteiger partial charge in [0.05, 0.1) is 0 Å². The van der Waals surface area contributed by atoms with E-state index in [1.165, 1.54) is 12.1 Å². The Morgan fingerprint density at radius 2 is 2.00 bits per heavy atom. The van der Waals surface area contributed by atoms with Crippen molar-refractivity contribution in [3.05, 3.63) is 24.3 Å². The van der Waals surface area contributed by atoms with E-state index in [1.807, 2.05) is 6.07 Å². The maximum absolute atomic E-state index is 12.4. The summed E-state index contributed by atoms with van der Waals surface area (Å²) in [6, 6.07) is 6.58. The van der Waals surface area contributed by atoms with Crippen molar-refractivity contribution >= 4 is 16.2 Å². The van der Waals surface area contributed by atoms with Crippen LogP contribution in [0.3, 0.4) is 0 Å². The molecule has 7 heteroatoms. The van der Waals surface area contributed by atoms with Gasteiger partial charge in [-0.15, -0.1) is 0 Å². The molecule has 2 N–H and O–H groups in total. The number of rotatable bonds is 3. The molecule has 0 radical (unpaired) electrons. The lowest BCUT2D eigenvalue weighted by molar-refractivity contribution is 0.440. The number of halogens is 1. The van der Waals surface area contributed by atoms with Crippen LogP contribution in [0.2, 0.25) is 0 Å². The fourth-order valence-electron chi connectivity index (χ4n) is 2.00. The second kappa shape index (κ2) is 5.11. The van der Waals surface area contributed by atoms with E-state index in [0.29, 0.717) is 0 Å². The van der Waals surface area contributed by atoms with E-state index >= 15 is 0 Å². The molecule has 0 aliphatic carbocycles. The summed E-state index contributed by atoms with van der Waals surface area (Å²) in [5, 5.41) is 0. The van der Waals surface area contributed by atoms with Gasteiger partial charge < -0.3 is 14.8 Å². The number of benzene rings is 1. The first kappa shape index (κ1) is 13.1. The first-order valence-corrected chi connectivity index (χ1v) is 6.99. The zero-order valence-corrected chi connectivity index (χ0v) is 10.6. The van der Waals surface area contributed by atoms with E-state index in [4.69, 9.17) is 5.73 Å². The number of anilines is 1. The van der Waals surface area contributed by atoms with Crippen LogP contribution in [-0.2, 0) is 10.5 Å². The minimum Gasteiger partial charge on any atom is -0.371 e. The minimum absolute atomic E-state index is 0.0233. The van der Waals surface area contributed by atoms with Crippen molar-refractivity contribution in [2.75, 3.05) is 18.0 Å². The maximum Gasteiger partial charge on any atom is 0.488 e. The Kier molecular flexibility index (Phi) is 3.72. The van der Waals surface area contributed by atoms with Crippen molar-refractivity contribution < 1.29 is 16.5 Å². The van der Waals surface area contributed by atoms with E-state index in [0.717, 1.165) is 31.6 Å². The van der Waals surface area contributed by atoms with Crippen LogP contribution in [0.4, 0.5) is 9.57 Å². The Morgan fingerprint density at radius 3 is 2.61 bits per heavy atom. The molecule has 0 saturated carbocycles. The van der Waals surface area contributed by atoms with Gasteiger partial charge in [0.1, 0.15) is 5.75 Å². The average molecular weight is 274 g/mol. The maximum atomic E-state index is 12.4. The molecule has 18 heavy (non-hydrogen) atoms. The van der Waals surface area contributed by atoms with Crippen molar-refractivity contribution in [3.8, 4) is 5.75 Å². The van der Waals surface area contributed by atoms with E-state index < -0.39 is 10.5 Å². The zero-order chi connectivity index (χ0) is 13.2. The molecule has 1 aliphatic rings. The zero-order valence-electron chi connectivity index (χ0n) is 9.75. The molecule has 0 amide bonds. The van der Waals surface area contributed by atoms with E-state index in [1.54, 1.807) is 6.07 Å². The van der Waals surface area contributed by atoms with Crippen molar-refractivity contribution in [2.24, 2.45) is 5.73 Å². The number of nitrogens with two attached hydrogens (primary N) is 1. The lowest BCUT2D eigenvalue weighted by Crippen LogP contribution is -2.39. The van der Waals surface area contributed by atoms with E-state index in [-0.39, 0.29) is 11.8 Å². The minimum atomic E-state index is -4.97. The van der Waals surface area contributed by atoms with Crippen LogP contribution in [0.5, 0.6) is 5.75 Å². The second-order valence-corrected chi connectivity index (χ2v) is 5.25. The SMILES string of the molecule is NC1CCN(c2cccc(OS(=O)(=O)F)c2)CC1. The Bertz CT molecular complexity index is 513. The summed E-state index contributed by atoms with van der Waals surface area (Å²) in [7, 11) is -4.97. The molecule has 0 atom stereocenters. The smallest absolute Gasteiger partial charge is 0.371 e. The van der Waals surface area contributed by atoms with Crippen molar-refractivity contribution in [2.45, 2.75) is 18.9 Å². The summed E-state index contributed by atoms with van der Waals surface area (Å²) >= 11 is 0. The van der Waals surface area contributed by atoms with E-state index in [9.17, 15) is 12.3 Å². The molecule has 5 nitrogen and oxygen atoms in total. The van der Waals surface area contributed by atoms with Gasteiger partial charge in [0.2, 0.25) is 0 Å². The highest BCUT2D eigenvalue weighted by molar-refractivity contribution is 7.81. The summed E-state index contributed by atoms with van der Waals surface area (Å²) < 4.78 is 37.5. The molecular formula is C11H15FN2O3S. The third-order valence-corrected chi connectivity index (χ3v) is 3.31. The molecule has 2 rings (SSSR count). The fourth-order valence-corrected chi connectivity index (χ4v) is 2.34. The molecule has 0 spiro atoms. The highest BCUT2D eigenvalue weighted by atomic mass is 32.3. The normalized spacial score (nSPS) is 17.8. The standard InChI is InChI=1S/C11H15FN2O3S/c12-18(15,16)17-11-3-1-2-10(8-11)14-6-4-9(13)5-7-14/h1-3,8-9H,4-7,13H2. The van der Waals surface area contributed by atoms with E-state index in [2.05, 4.69) is 9.08 Å². The van der Waals surface area contributed by atoms with Gasteiger partial charge in [-0.25, -0.2) is 0 Å². The summed E-state index contributed by atoms with van der Waals surface area (Å²) in [6.45, 7) is 1.60. The second-order valence-electron chi connectivity index (χ2n) is 4.30. The van der Waals surface area contributed by atoms with Crippen LogP contribution in [-0.4, -0.2) is 27.5 Å².